The number of alkyl carbamates (subject to hydrolysis) is 1. The van der Waals surface area contributed by atoms with Crippen LogP contribution in [0.4, 0.5) is 9.18 Å². The summed E-state index contributed by atoms with van der Waals surface area (Å²) >= 11 is 5.49. The van der Waals surface area contributed by atoms with Crippen molar-refractivity contribution in [1.29, 1.82) is 0 Å². The van der Waals surface area contributed by atoms with Gasteiger partial charge in [-0.1, -0.05) is 12.1 Å². The Kier molecular flexibility index (Phi) is 8.02. The number of ketones is 1. The van der Waals surface area contributed by atoms with Crippen molar-refractivity contribution in [2.24, 2.45) is 0 Å². The molecule has 2 atom stereocenters. The number of amides is 2. The molecule has 26 heavy (non-hydrogen) atoms. The van der Waals surface area contributed by atoms with Crippen LogP contribution in [-0.4, -0.2) is 41.3 Å². The molecule has 1 aromatic carbocycles. The molecular formula is C18H24ClFN2O4. The van der Waals surface area contributed by atoms with E-state index in [1.807, 2.05) is 0 Å². The van der Waals surface area contributed by atoms with E-state index in [9.17, 15) is 18.8 Å². The Morgan fingerprint density at radius 1 is 1.15 bits per heavy atom. The van der Waals surface area contributed by atoms with Gasteiger partial charge in [0, 0.05) is 6.42 Å². The van der Waals surface area contributed by atoms with E-state index < -0.39 is 35.5 Å². The molecule has 0 aliphatic rings. The minimum Gasteiger partial charge on any atom is -0.444 e. The molecule has 0 saturated carbocycles. The van der Waals surface area contributed by atoms with Crippen LogP contribution in [0.2, 0.25) is 0 Å². The molecule has 6 nitrogen and oxygen atoms in total. The second kappa shape index (κ2) is 9.52. The van der Waals surface area contributed by atoms with Gasteiger partial charge in [0.15, 0.2) is 5.78 Å². The molecule has 0 saturated heterocycles. The number of Topliss-reactive ketones (excluding diaryl/α,β-unsaturated/α-hetero) is 1. The number of ether oxygens (including phenoxy) is 1. The van der Waals surface area contributed by atoms with Crippen molar-refractivity contribution in [1.82, 2.24) is 10.6 Å². The normalized spacial score (nSPS) is 13.5. The zero-order valence-corrected chi connectivity index (χ0v) is 16.0. The molecule has 8 heteroatoms. The van der Waals surface area contributed by atoms with Crippen molar-refractivity contribution in [2.45, 2.75) is 51.8 Å². The van der Waals surface area contributed by atoms with Crippen molar-refractivity contribution in [2.75, 3.05) is 5.88 Å². The number of nitrogens with one attached hydrogen (secondary N) is 2. The fourth-order valence-electron chi connectivity index (χ4n) is 2.03. The first kappa shape index (κ1) is 21.9. The van der Waals surface area contributed by atoms with Crippen LogP contribution in [0.25, 0.3) is 0 Å². The SMILES string of the molecule is CC(NC(=O)C(Cc1ccc(F)cc1)NC(=O)OC(C)(C)C)C(=O)CCl. The van der Waals surface area contributed by atoms with Crippen molar-refractivity contribution in [3.8, 4) is 0 Å². The van der Waals surface area contributed by atoms with E-state index in [1.54, 1.807) is 20.8 Å². The van der Waals surface area contributed by atoms with Gasteiger partial charge >= 0.3 is 6.09 Å². The van der Waals surface area contributed by atoms with E-state index in [1.165, 1.54) is 31.2 Å². The zero-order chi connectivity index (χ0) is 19.9. The molecule has 1 aromatic rings. The van der Waals surface area contributed by atoms with Gasteiger partial charge in [-0.3, -0.25) is 9.59 Å². The summed E-state index contributed by atoms with van der Waals surface area (Å²) in [5.41, 5.74) is -0.0954. The van der Waals surface area contributed by atoms with Gasteiger partial charge in [0.25, 0.3) is 0 Å². The average Bonchev–Trinajstić information content (AvgIpc) is 2.53. The highest BCUT2D eigenvalue weighted by molar-refractivity contribution is 6.28. The van der Waals surface area contributed by atoms with Gasteiger partial charge in [-0.15, -0.1) is 11.6 Å². The van der Waals surface area contributed by atoms with Gasteiger partial charge in [-0.25, -0.2) is 9.18 Å². The van der Waals surface area contributed by atoms with Crippen molar-refractivity contribution >= 4 is 29.4 Å². The number of rotatable bonds is 7. The van der Waals surface area contributed by atoms with E-state index in [2.05, 4.69) is 10.6 Å². The van der Waals surface area contributed by atoms with Crippen LogP contribution in [0.3, 0.4) is 0 Å². The topological polar surface area (TPSA) is 84.5 Å². The Morgan fingerprint density at radius 3 is 2.23 bits per heavy atom. The van der Waals surface area contributed by atoms with E-state index in [-0.39, 0.29) is 18.1 Å². The molecule has 0 fully saturated rings. The van der Waals surface area contributed by atoms with Gasteiger partial charge in [0.05, 0.1) is 11.9 Å². The Morgan fingerprint density at radius 2 is 1.73 bits per heavy atom. The highest BCUT2D eigenvalue weighted by atomic mass is 35.5. The molecule has 0 bridgehead atoms. The maximum absolute atomic E-state index is 13.1. The molecule has 0 heterocycles. The first-order valence-corrected chi connectivity index (χ1v) is 8.68. The minimum atomic E-state index is -0.999. The number of carbonyl (C=O) groups excluding carboxylic acids is 3. The molecule has 2 N–H and O–H groups in total. The maximum Gasteiger partial charge on any atom is 0.408 e. The summed E-state index contributed by atoms with van der Waals surface area (Å²) in [6.07, 6.45) is -0.663. The third-order valence-electron chi connectivity index (χ3n) is 3.33. The molecule has 0 aromatic heterocycles. The van der Waals surface area contributed by atoms with E-state index in [0.29, 0.717) is 5.56 Å². The lowest BCUT2D eigenvalue weighted by Crippen LogP contribution is -2.52. The molecule has 0 aliphatic heterocycles. The zero-order valence-electron chi connectivity index (χ0n) is 15.3. The van der Waals surface area contributed by atoms with Gasteiger partial charge in [0.1, 0.15) is 17.5 Å². The van der Waals surface area contributed by atoms with Crippen molar-refractivity contribution < 1.29 is 23.5 Å². The highest BCUT2D eigenvalue weighted by Gasteiger charge is 2.26. The number of halogens is 2. The Labute approximate surface area is 157 Å². The van der Waals surface area contributed by atoms with E-state index >= 15 is 0 Å². The summed E-state index contributed by atoms with van der Waals surface area (Å²) in [6, 6.07) is 3.76. The quantitative estimate of drug-likeness (QED) is 0.705. The second-order valence-corrected chi connectivity index (χ2v) is 7.13. The molecule has 2 unspecified atom stereocenters. The van der Waals surface area contributed by atoms with Crippen LogP contribution in [0.5, 0.6) is 0 Å². The summed E-state index contributed by atoms with van der Waals surface area (Å²) in [5.74, 6) is -1.55. The molecule has 0 spiro atoms. The predicted octanol–water partition coefficient (Wildman–Crippen LogP) is 2.57. The molecule has 0 aliphatic carbocycles. The fraction of sp³-hybridized carbons (Fsp3) is 0.500. The smallest absolute Gasteiger partial charge is 0.408 e. The third-order valence-corrected chi connectivity index (χ3v) is 3.60. The lowest BCUT2D eigenvalue weighted by Gasteiger charge is -2.24. The molecule has 0 radical (unpaired) electrons. The van der Waals surface area contributed by atoms with Crippen LogP contribution in [-0.2, 0) is 20.7 Å². The van der Waals surface area contributed by atoms with Crippen molar-refractivity contribution in [3.05, 3.63) is 35.6 Å². The molecular weight excluding hydrogens is 363 g/mol. The highest BCUT2D eigenvalue weighted by Crippen LogP contribution is 2.10. The van der Waals surface area contributed by atoms with Crippen LogP contribution in [0, 0.1) is 5.82 Å². The maximum atomic E-state index is 13.1. The molecule has 2 amide bonds. The average molecular weight is 387 g/mol. The number of hydrogen-bond acceptors (Lipinski definition) is 4. The van der Waals surface area contributed by atoms with Crippen LogP contribution < -0.4 is 10.6 Å². The predicted molar refractivity (Wildman–Crippen MR) is 96.6 cm³/mol. The number of carbonyl (C=O) groups is 3. The summed E-state index contributed by atoms with van der Waals surface area (Å²) < 4.78 is 18.2. The largest absolute Gasteiger partial charge is 0.444 e. The number of benzene rings is 1. The Balaban J connectivity index is 2.89. The summed E-state index contributed by atoms with van der Waals surface area (Å²) in [4.78, 5) is 36.1. The lowest BCUT2D eigenvalue weighted by molar-refractivity contribution is -0.127. The van der Waals surface area contributed by atoms with Crippen molar-refractivity contribution in [3.63, 3.8) is 0 Å². The molecule has 144 valence electrons. The standard InChI is InChI=1S/C18H24ClFN2O4/c1-11(15(23)10-19)21-16(24)14(22-17(25)26-18(2,3)4)9-12-5-7-13(20)8-6-12/h5-8,11,14H,9-10H2,1-4H3,(H,21,24)(H,22,25). The monoisotopic (exact) mass is 386 g/mol. The van der Waals surface area contributed by atoms with Gasteiger partial charge in [-0.05, 0) is 45.4 Å². The fourth-order valence-corrected chi connectivity index (χ4v) is 2.26. The van der Waals surface area contributed by atoms with E-state index in [0.717, 1.165) is 0 Å². The Hall–Kier alpha value is -2.15. The first-order valence-electron chi connectivity index (χ1n) is 8.15. The summed E-state index contributed by atoms with van der Waals surface area (Å²) in [7, 11) is 0. The Bertz CT molecular complexity index is 644. The summed E-state index contributed by atoms with van der Waals surface area (Å²) in [5, 5.41) is 5.00. The number of alkyl halides is 1. The van der Waals surface area contributed by atoms with Gasteiger partial charge in [-0.2, -0.15) is 0 Å². The van der Waals surface area contributed by atoms with Crippen LogP contribution in [0.15, 0.2) is 24.3 Å². The second-order valence-electron chi connectivity index (χ2n) is 6.86. The van der Waals surface area contributed by atoms with Gasteiger partial charge in [0.2, 0.25) is 5.91 Å². The van der Waals surface area contributed by atoms with Gasteiger partial charge < -0.3 is 15.4 Å². The molecule has 1 rings (SSSR count). The van der Waals surface area contributed by atoms with Crippen LogP contribution in [0.1, 0.15) is 33.3 Å². The first-order chi connectivity index (χ1) is 12.0. The van der Waals surface area contributed by atoms with Crippen LogP contribution >= 0.6 is 11.6 Å². The minimum absolute atomic E-state index is 0.104. The summed E-state index contributed by atoms with van der Waals surface area (Å²) in [6.45, 7) is 6.60. The lowest BCUT2D eigenvalue weighted by atomic mass is 10.0. The third kappa shape index (κ3) is 7.82. The number of hydrogen-bond donors (Lipinski definition) is 2. The van der Waals surface area contributed by atoms with E-state index in [4.69, 9.17) is 16.3 Å².